The molecule has 2 heterocycles. The van der Waals surface area contributed by atoms with E-state index in [4.69, 9.17) is 11.6 Å². The summed E-state index contributed by atoms with van der Waals surface area (Å²) in [5.41, 5.74) is 1.43. The molecule has 6 heteroatoms. The van der Waals surface area contributed by atoms with E-state index in [2.05, 4.69) is 19.5 Å². The Labute approximate surface area is 109 Å². The third kappa shape index (κ3) is 1.34. The van der Waals surface area contributed by atoms with E-state index in [0.717, 1.165) is 24.9 Å². The molecule has 2 aliphatic rings. The van der Waals surface area contributed by atoms with Gasteiger partial charge in [0.05, 0.1) is 12.4 Å². The van der Waals surface area contributed by atoms with Crippen molar-refractivity contribution in [2.24, 2.45) is 11.8 Å². The zero-order valence-corrected chi connectivity index (χ0v) is 10.5. The minimum Gasteiger partial charge on any atom is -0.393 e. The Kier molecular flexibility index (Phi) is 2.17. The van der Waals surface area contributed by atoms with Crippen molar-refractivity contribution in [2.45, 2.75) is 31.4 Å². The maximum atomic E-state index is 10.0. The standard InChI is InChI=1S/C12H13ClN4O/c13-11-10-12(15-4-14-11)17(5-16-10)8-2-6-1-7(8)9(18)3-6/h4-9,18H,1-3H2/t6-,7+,8-,9+/m0/s1. The van der Waals surface area contributed by atoms with Crippen molar-refractivity contribution in [1.29, 1.82) is 0 Å². The van der Waals surface area contributed by atoms with Gasteiger partial charge in [0.1, 0.15) is 11.8 Å². The van der Waals surface area contributed by atoms with Crippen LogP contribution >= 0.6 is 11.6 Å². The second-order valence-electron chi connectivity index (χ2n) is 5.36. The van der Waals surface area contributed by atoms with Crippen LogP contribution in [-0.4, -0.2) is 30.7 Å². The molecule has 0 radical (unpaired) electrons. The lowest BCUT2D eigenvalue weighted by Crippen LogP contribution is -2.26. The normalized spacial score (nSPS) is 34.6. The molecule has 18 heavy (non-hydrogen) atoms. The van der Waals surface area contributed by atoms with E-state index >= 15 is 0 Å². The Balaban J connectivity index is 1.82. The highest BCUT2D eigenvalue weighted by atomic mass is 35.5. The van der Waals surface area contributed by atoms with Gasteiger partial charge < -0.3 is 9.67 Å². The summed E-state index contributed by atoms with van der Waals surface area (Å²) in [5, 5.41) is 10.4. The van der Waals surface area contributed by atoms with Gasteiger partial charge in [0.2, 0.25) is 0 Å². The fourth-order valence-electron chi connectivity index (χ4n) is 3.66. The van der Waals surface area contributed by atoms with Crippen LogP contribution in [0.5, 0.6) is 0 Å². The van der Waals surface area contributed by atoms with Crippen LogP contribution in [0.2, 0.25) is 5.15 Å². The molecular weight excluding hydrogens is 252 g/mol. The van der Waals surface area contributed by atoms with Gasteiger partial charge in [-0.05, 0) is 25.2 Å². The third-order valence-electron chi connectivity index (χ3n) is 4.42. The molecule has 0 aliphatic heterocycles. The Morgan fingerprint density at radius 3 is 2.89 bits per heavy atom. The number of aliphatic hydroxyl groups excluding tert-OH is 1. The Morgan fingerprint density at radius 2 is 2.11 bits per heavy atom. The molecule has 94 valence electrons. The smallest absolute Gasteiger partial charge is 0.165 e. The van der Waals surface area contributed by atoms with Crippen LogP contribution in [0.4, 0.5) is 0 Å². The number of nitrogens with zero attached hydrogens (tertiary/aromatic N) is 4. The van der Waals surface area contributed by atoms with Crippen molar-refractivity contribution in [3.8, 4) is 0 Å². The Bertz CT molecular complexity index is 613. The number of hydrogen-bond acceptors (Lipinski definition) is 4. The molecule has 0 spiro atoms. The van der Waals surface area contributed by atoms with Crippen LogP contribution in [0.25, 0.3) is 11.2 Å². The first kappa shape index (κ1) is 10.7. The summed E-state index contributed by atoms with van der Waals surface area (Å²) in [7, 11) is 0. The third-order valence-corrected chi connectivity index (χ3v) is 4.69. The first-order valence-corrected chi connectivity index (χ1v) is 6.63. The second-order valence-corrected chi connectivity index (χ2v) is 5.72. The number of halogens is 1. The van der Waals surface area contributed by atoms with E-state index in [1.54, 1.807) is 6.33 Å². The minimum absolute atomic E-state index is 0.177. The molecule has 0 unspecified atom stereocenters. The zero-order valence-electron chi connectivity index (χ0n) is 9.70. The predicted molar refractivity (Wildman–Crippen MR) is 66.2 cm³/mol. The predicted octanol–water partition coefficient (Wildman–Crippen LogP) is 1.81. The molecule has 2 aromatic heterocycles. The van der Waals surface area contributed by atoms with Gasteiger partial charge in [-0.1, -0.05) is 11.6 Å². The van der Waals surface area contributed by atoms with Gasteiger partial charge in [-0.15, -0.1) is 0 Å². The fraction of sp³-hybridized carbons (Fsp3) is 0.583. The van der Waals surface area contributed by atoms with Gasteiger partial charge in [-0.25, -0.2) is 15.0 Å². The molecule has 0 aromatic carbocycles. The van der Waals surface area contributed by atoms with E-state index in [0.29, 0.717) is 28.5 Å². The number of hydrogen-bond donors (Lipinski definition) is 1. The van der Waals surface area contributed by atoms with Crippen LogP contribution < -0.4 is 0 Å². The van der Waals surface area contributed by atoms with Crippen LogP contribution in [0.3, 0.4) is 0 Å². The molecule has 4 atom stereocenters. The van der Waals surface area contributed by atoms with Crippen LogP contribution in [0, 0.1) is 11.8 Å². The van der Waals surface area contributed by atoms with E-state index < -0.39 is 0 Å². The lowest BCUT2D eigenvalue weighted by Gasteiger charge is -2.27. The van der Waals surface area contributed by atoms with Crippen molar-refractivity contribution < 1.29 is 5.11 Å². The number of fused-ring (bicyclic) bond motifs is 3. The quantitative estimate of drug-likeness (QED) is 0.798. The monoisotopic (exact) mass is 264 g/mol. The van der Waals surface area contributed by atoms with Gasteiger partial charge in [0.25, 0.3) is 0 Å². The van der Waals surface area contributed by atoms with Crippen LogP contribution in [-0.2, 0) is 0 Å². The molecule has 2 fully saturated rings. The van der Waals surface area contributed by atoms with E-state index in [1.807, 2.05) is 0 Å². The second kappa shape index (κ2) is 3.65. The lowest BCUT2D eigenvalue weighted by molar-refractivity contribution is 0.0851. The Hall–Kier alpha value is -1.20. The summed E-state index contributed by atoms with van der Waals surface area (Å²) in [6, 6.07) is 0.301. The van der Waals surface area contributed by atoms with E-state index in [1.165, 1.54) is 6.33 Å². The largest absolute Gasteiger partial charge is 0.393 e. The maximum absolute atomic E-state index is 10.0. The van der Waals surface area contributed by atoms with Crippen molar-refractivity contribution in [2.75, 3.05) is 0 Å². The van der Waals surface area contributed by atoms with Gasteiger partial charge in [-0.2, -0.15) is 0 Å². The molecule has 0 amide bonds. The summed E-state index contributed by atoms with van der Waals surface area (Å²) < 4.78 is 2.07. The summed E-state index contributed by atoms with van der Waals surface area (Å²) in [6.07, 6.45) is 6.24. The summed E-state index contributed by atoms with van der Waals surface area (Å²) in [6.45, 7) is 0. The molecule has 2 aromatic rings. The molecule has 5 nitrogen and oxygen atoms in total. The Morgan fingerprint density at radius 1 is 1.22 bits per heavy atom. The summed E-state index contributed by atoms with van der Waals surface area (Å²) in [5.74, 6) is 0.978. The average molecular weight is 265 g/mol. The van der Waals surface area contributed by atoms with E-state index in [9.17, 15) is 5.11 Å². The molecule has 4 rings (SSSR count). The van der Waals surface area contributed by atoms with E-state index in [-0.39, 0.29) is 6.10 Å². The van der Waals surface area contributed by atoms with Crippen LogP contribution in [0.15, 0.2) is 12.7 Å². The number of aromatic nitrogens is 4. The van der Waals surface area contributed by atoms with Crippen molar-refractivity contribution in [3.63, 3.8) is 0 Å². The first-order valence-electron chi connectivity index (χ1n) is 6.25. The highest BCUT2D eigenvalue weighted by Crippen LogP contribution is 2.51. The minimum atomic E-state index is -0.177. The number of rotatable bonds is 1. The topological polar surface area (TPSA) is 63.8 Å². The number of imidazole rings is 1. The van der Waals surface area contributed by atoms with Crippen molar-refractivity contribution in [1.82, 2.24) is 19.5 Å². The highest BCUT2D eigenvalue weighted by Gasteiger charge is 2.46. The molecule has 2 aliphatic carbocycles. The molecular formula is C12H13ClN4O. The fourth-order valence-corrected chi connectivity index (χ4v) is 3.84. The average Bonchev–Trinajstić information content (AvgIpc) is 3.00. The van der Waals surface area contributed by atoms with Gasteiger partial charge in [0.15, 0.2) is 10.8 Å². The molecule has 2 bridgehead atoms. The maximum Gasteiger partial charge on any atom is 0.165 e. The van der Waals surface area contributed by atoms with Crippen molar-refractivity contribution in [3.05, 3.63) is 17.8 Å². The van der Waals surface area contributed by atoms with Crippen LogP contribution in [0.1, 0.15) is 25.3 Å². The SMILES string of the molecule is O[C@@H]1C[C@H]2C[C@@H]1[C@@H](n1cnc3c(Cl)ncnc31)C2. The molecule has 1 N–H and O–H groups in total. The molecule has 2 saturated carbocycles. The van der Waals surface area contributed by atoms with Gasteiger partial charge in [-0.3, -0.25) is 0 Å². The van der Waals surface area contributed by atoms with Gasteiger partial charge in [0, 0.05) is 12.0 Å². The summed E-state index contributed by atoms with van der Waals surface area (Å²) >= 11 is 6.01. The van der Waals surface area contributed by atoms with Crippen molar-refractivity contribution >= 4 is 22.8 Å². The molecule has 0 saturated heterocycles. The number of aliphatic hydroxyl groups is 1. The first-order chi connectivity index (χ1) is 8.74. The van der Waals surface area contributed by atoms with Gasteiger partial charge >= 0.3 is 0 Å². The lowest BCUT2D eigenvalue weighted by atomic mass is 9.92. The highest BCUT2D eigenvalue weighted by molar-refractivity contribution is 6.33. The zero-order chi connectivity index (χ0) is 12.3. The summed E-state index contributed by atoms with van der Waals surface area (Å²) in [4.78, 5) is 12.5.